The number of likely N-dealkylation sites (tertiary alicyclic amines) is 1. The highest BCUT2D eigenvalue weighted by atomic mass is 35.5. The van der Waals surface area contributed by atoms with Gasteiger partial charge in [-0.3, -0.25) is 4.79 Å². The number of rotatable bonds is 5. The van der Waals surface area contributed by atoms with Crippen LogP contribution < -0.4 is 0 Å². The van der Waals surface area contributed by atoms with E-state index in [9.17, 15) is 13.2 Å². The summed E-state index contributed by atoms with van der Waals surface area (Å²) in [5, 5.41) is 1.37. The molecule has 0 bridgehead atoms. The molecule has 0 radical (unpaired) electrons. The van der Waals surface area contributed by atoms with Crippen LogP contribution in [-0.4, -0.2) is 54.7 Å². The number of halogens is 1. The molecule has 9 heteroatoms. The second-order valence-electron chi connectivity index (χ2n) is 8.34. The van der Waals surface area contributed by atoms with Crippen LogP contribution in [0.4, 0.5) is 0 Å². The standard InChI is InChI=1S/C23H26ClN3O3S2/c1-15(2)26(3)32(29,30)17-8-9-19(24)18(14-17)23(28)27-12-10-16(11-13-27)22-25-20-6-4-5-7-21(20)31-22/h4-9,14-16H,10-13H2,1-3H3. The van der Waals surface area contributed by atoms with Gasteiger partial charge >= 0.3 is 0 Å². The van der Waals surface area contributed by atoms with Crippen LogP contribution in [0.3, 0.4) is 0 Å². The Labute approximate surface area is 197 Å². The highest BCUT2D eigenvalue weighted by Gasteiger charge is 2.29. The quantitative estimate of drug-likeness (QED) is 0.503. The molecule has 1 saturated heterocycles. The third-order valence-corrected chi connectivity index (χ3v) is 9.57. The van der Waals surface area contributed by atoms with Crippen molar-refractivity contribution in [2.75, 3.05) is 20.1 Å². The van der Waals surface area contributed by atoms with Crippen molar-refractivity contribution in [1.29, 1.82) is 0 Å². The van der Waals surface area contributed by atoms with E-state index in [-0.39, 0.29) is 27.4 Å². The van der Waals surface area contributed by atoms with Crippen LogP contribution in [0, 0.1) is 0 Å². The number of sulfonamides is 1. The zero-order chi connectivity index (χ0) is 23.0. The van der Waals surface area contributed by atoms with E-state index < -0.39 is 10.0 Å². The van der Waals surface area contributed by atoms with Crippen LogP contribution in [0.15, 0.2) is 47.4 Å². The van der Waals surface area contributed by atoms with E-state index in [0.717, 1.165) is 23.4 Å². The first kappa shape index (κ1) is 23.2. The van der Waals surface area contributed by atoms with Gasteiger partial charge in [0.2, 0.25) is 10.0 Å². The van der Waals surface area contributed by atoms with Gasteiger partial charge in [0.25, 0.3) is 5.91 Å². The third kappa shape index (κ3) is 4.41. The van der Waals surface area contributed by atoms with Crippen molar-refractivity contribution in [3.63, 3.8) is 0 Å². The summed E-state index contributed by atoms with van der Waals surface area (Å²) in [6, 6.07) is 12.3. The Morgan fingerprint density at radius 1 is 1.19 bits per heavy atom. The summed E-state index contributed by atoms with van der Waals surface area (Å²) in [6.07, 6.45) is 1.63. The van der Waals surface area contributed by atoms with Crippen LogP contribution in [0.5, 0.6) is 0 Å². The first-order chi connectivity index (χ1) is 15.2. The minimum atomic E-state index is -3.70. The van der Waals surface area contributed by atoms with E-state index in [1.807, 2.05) is 18.2 Å². The molecule has 0 atom stereocenters. The van der Waals surface area contributed by atoms with Gasteiger partial charge in [0.05, 0.1) is 30.7 Å². The highest BCUT2D eigenvalue weighted by Crippen LogP contribution is 2.34. The maximum Gasteiger partial charge on any atom is 0.255 e. The molecule has 2 aromatic carbocycles. The summed E-state index contributed by atoms with van der Waals surface area (Å²) >= 11 is 8.02. The Kier molecular flexibility index (Phi) is 6.58. The molecule has 0 N–H and O–H groups in total. The van der Waals surface area contributed by atoms with Gasteiger partial charge in [0.1, 0.15) is 0 Å². The fourth-order valence-corrected chi connectivity index (χ4v) is 6.57. The molecular weight excluding hydrogens is 466 g/mol. The van der Waals surface area contributed by atoms with Gasteiger partial charge in [0.15, 0.2) is 0 Å². The maximum atomic E-state index is 13.2. The van der Waals surface area contributed by atoms with Crippen molar-refractivity contribution in [1.82, 2.24) is 14.2 Å². The SMILES string of the molecule is CC(C)N(C)S(=O)(=O)c1ccc(Cl)c(C(=O)N2CCC(c3nc4ccccc4s3)CC2)c1. The molecule has 6 nitrogen and oxygen atoms in total. The molecule has 32 heavy (non-hydrogen) atoms. The Balaban J connectivity index is 1.50. The first-order valence-corrected chi connectivity index (χ1v) is 13.2. The second-order valence-corrected chi connectivity index (χ2v) is 11.8. The molecule has 0 aliphatic carbocycles. The second kappa shape index (κ2) is 9.09. The number of carbonyl (C=O) groups excluding carboxylic acids is 1. The molecule has 1 fully saturated rings. The van der Waals surface area contributed by atoms with Crippen molar-refractivity contribution >= 4 is 49.1 Å². The van der Waals surface area contributed by atoms with Crippen LogP contribution in [0.2, 0.25) is 5.02 Å². The number of aromatic nitrogens is 1. The number of hydrogen-bond donors (Lipinski definition) is 0. The number of fused-ring (bicyclic) bond motifs is 1. The lowest BCUT2D eigenvalue weighted by atomic mass is 9.97. The summed E-state index contributed by atoms with van der Waals surface area (Å²) in [4.78, 5) is 19.8. The number of nitrogens with zero attached hydrogens (tertiary/aromatic N) is 3. The van der Waals surface area contributed by atoms with Crippen molar-refractivity contribution in [2.24, 2.45) is 0 Å². The molecule has 0 saturated carbocycles. The van der Waals surface area contributed by atoms with E-state index in [4.69, 9.17) is 16.6 Å². The zero-order valence-electron chi connectivity index (χ0n) is 18.3. The van der Waals surface area contributed by atoms with Crippen LogP contribution in [0.1, 0.15) is 48.0 Å². The summed E-state index contributed by atoms with van der Waals surface area (Å²) < 4.78 is 28.2. The summed E-state index contributed by atoms with van der Waals surface area (Å²) in [7, 11) is -2.17. The van der Waals surface area contributed by atoms with E-state index in [0.29, 0.717) is 19.0 Å². The molecule has 1 aromatic heterocycles. The molecule has 0 spiro atoms. The molecule has 1 aliphatic rings. The Hall–Kier alpha value is -2.00. The highest BCUT2D eigenvalue weighted by molar-refractivity contribution is 7.89. The van der Waals surface area contributed by atoms with Gasteiger partial charge in [-0.2, -0.15) is 4.31 Å². The maximum absolute atomic E-state index is 13.2. The van der Waals surface area contributed by atoms with Crippen molar-refractivity contribution in [3.05, 3.63) is 58.1 Å². The Morgan fingerprint density at radius 3 is 2.53 bits per heavy atom. The third-order valence-electron chi connectivity index (χ3n) is 6.01. The number of thiazole rings is 1. The minimum Gasteiger partial charge on any atom is -0.339 e. The van der Waals surface area contributed by atoms with Crippen molar-refractivity contribution in [3.8, 4) is 0 Å². The molecule has 2 heterocycles. The lowest BCUT2D eigenvalue weighted by Crippen LogP contribution is -2.38. The van der Waals surface area contributed by atoms with Gasteiger partial charge in [-0.05, 0) is 57.0 Å². The van der Waals surface area contributed by atoms with E-state index in [2.05, 4.69) is 6.07 Å². The average molecular weight is 492 g/mol. The predicted molar refractivity (Wildman–Crippen MR) is 129 cm³/mol. The van der Waals surface area contributed by atoms with Gasteiger partial charge in [0, 0.05) is 32.1 Å². The lowest BCUT2D eigenvalue weighted by molar-refractivity contribution is 0.0713. The molecule has 1 aliphatic heterocycles. The molecular formula is C23H26ClN3O3S2. The average Bonchev–Trinajstić information content (AvgIpc) is 3.22. The van der Waals surface area contributed by atoms with E-state index in [1.54, 1.807) is 30.1 Å². The fourth-order valence-electron chi connectivity index (χ4n) is 3.84. The topological polar surface area (TPSA) is 70.6 Å². The van der Waals surface area contributed by atoms with Crippen LogP contribution >= 0.6 is 22.9 Å². The first-order valence-electron chi connectivity index (χ1n) is 10.6. The molecule has 170 valence electrons. The van der Waals surface area contributed by atoms with E-state index >= 15 is 0 Å². The zero-order valence-corrected chi connectivity index (χ0v) is 20.7. The molecule has 4 rings (SSSR count). The summed E-state index contributed by atoms with van der Waals surface area (Å²) in [5.41, 5.74) is 1.24. The van der Waals surface area contributed by atoms with Crippen molar-refractivity contribution in [2.45, 2.75) is 43.5 Å². The number of amides is 1. The van der Waals surface area contributed by atoms with Crippen molar-refractivity contribution < 1.29 is 13.2 Å². The minimum absolute atomic E-state index is 0.0748. The van der Waals surface area contributed by atoms with Crippen LogP contribution in [-0.2, 0) is 10.0 Å². The molecule has 0 unspecified atom stereocenters. The number of carbonyl (C=O) groups is 1. The number of benzene rings is 2. The summed E-state index contributed by atoms with van der Waals surface area (Å²) in [5.74, 6) is 0.0836. The summed E-state index contributed by atoms with van der Waals surface area (Å²) in [6.45, 7) is 4.77. The normalized spacial score (nSPS) is 15.8. The smallest absolute Gasteiger partial charge is 0.255 e. The number of hydrogen-bond acceptors (Lipinski definition) is 5. The molecule has 3 aromatic rings. The van der Waals surface area contributed by atoms with Crippen LogP contribution in [0.25, 0.3) is 10.2 Å². The van der Waals surface area contributed by atoms with Gasteiger partial charge < -0.3 is 4.90 Å². The Bertz CT molecular complexity index is 1220. The van der Waals surface area contributed by atoms with E-state index in [1.165, 1.54) is 34.3 Å². The monoisotopic (exact) mass is 491 g/mol. The fraction of sp³-hybridized carbons (Fsp3) is 0.391. The Morgan fingerprint density at radius 2 is 1.88 bits per heavy atom. The van der Waals surface area contributed by atoms with Gasteiger partial charge in [-0.15, -0.1) is 11.3 Å². The van der Waals surface area contributed by atoms with Gasteiger partial charge in [-0.1, -0.05) is 23.7 Å². The molecule has 1 amide bonds. The lowest BCUT2D eigenvalue weighted by Gasteiger charge is -2.31. The predicted octanol–water partition coefficient (Wildman–Crippen LogP) is 5.00. The number of piperidine rings is 1. The van der Waals surface area contributed by atoms with Gasteiger partial charge in [-0.25, -0.2) is 13.4 Å². The number of para-hydroxylation sites is 1. The largest absolute Gasteiger partial charge is 0.339 e.